The van der Waals surface area contributed by atoms with Crippen LogP contribution >= 0.6 is 11.3 Å². The van der Waals surface area contributed by atoms with Crippen molar-refractivity contribution in [1.82, 2.24) is 9.88 Å². The third-order valence-corrected chi connectivity index (χ3v) is 2.72. The molecule has 1 N–H and O–H groups in total. The normalized spacial score (nSPS) is 10.1. The van der Waals surface area contributed by atoms with Crippen LogP contribution < -0.4 is 0 Å². The Bertz CT molecular complexity index is 351. The number of thiazole rings is 1. The van der Waals surface area contributed by atoms with Gasteiger partial charge in [-0.25, -0.2) is 4.98 Å². The Hall–Kier alpha value is -1.43. The summed E-state index contributed by atoms with van der Waals surface area (Å²) in [5, 5.41) is 10.3. The van der Waals surface area contributed by atoms with Gasteiger partial charge in [0.15, 0.2) is 0 Å². The van der Waals surface area contributed by atoms with Gasteiger partial charge in [-0.1, -0.05) is 0 Å². The molecule has 0 radical (unpaired) electrons. The molecule has 0 aliphatic carbocycles. The van der Waals surface area contributed by atoms with E-state index in [1.807, 2.05) is 5.38 Å². The van der Waals surface area contributed by atoms with Gasteiger partial charge in [-0.3, -0.25) is 9.59 Å². The number of carboxylic acids is 1. The number of amides is 1. The van der Waals surface area contributed by atoms with Crippen LogP contribution in [-0.4, -0.2) is 33.9 Å². The van der Waals surface area contributed by atoms with E-state index >= 15 is 0 Å². The van der Waals surface area contributed by atoms with E-state index in [2.05, 4.69) is 4.98 Å². The highest BCUT2D eigenvalue weighted by molar-refractivity contribution is 7.07. The molecule has 0 unspecified atom stereocenters. The maximum Gasteiger partial charge on any atom is 0.303 e. The fraction of sp³-hybridized carbons (Fsp3) is 0.500. The zero-order valence-electron chi connectivity index (χ0n) is 9.05. The quantitative estimate of drug-likeness (QED) is 0.817. The molecule has 1 heterocycles. The van der Waals surface area contributed by atoms with Gasteiger partial charge in [0.1, 0.15) is 0 Å². The van der Waals surface area contributed by atoms with E-state index < -0.39 is 5.97 Å². The SMILES string of the molecule is CN(Cc1cscn1)C(=O)CCCC(=O)O. The van der Waals surface area contributed by atoms with Gasteiger partial charge in [-0.2, -0.15) is 0 Å². The molecule has 1 amide bonds. The van der Waals surface area contributed by atoms with Gasteiger partial charge >= 0.3 is 5.97 Å². The van der Waals surface area contributed by atoms with Crippen LogP contribution in [0.1, 0.15) is 25.0 Å². The Kier molecular flexibility index (Phi) is 4.91. The van der Waals surface area contributed by atoms with Gasteiger partial charge in [-0.05, 0) is 6.42 Å². The van der Waals surface area contributed by atoms with Gasteiger partial charge in [0, 0.05) is 25.3 Å². The number of nitrogens with zero attached hydrogens (tertiary/aromatic N) is 2. The summed E-state index contributed by atoms with van der Waals surface area (Å²) in [4.78, 5) is 27.5. The molecule has 5 nitrogen and oxygen atoms in total. The molecule has 6 heteroatoms. The third kappa shape index (κ3) is 4.39. The summed E-state index contributed by atoms with van der Waals surface area (Å²) in [5.41, 5.74) is 2.58. The van der Waals surface area contributed by atoms with Crippen molar-refractivity contribution in [2.45, 2.75) is 25.8 Å². The fourth-order valence-electron chi connectivity index (χ4n) is 1.23. The third-order valence-electron chi connectivity index (χ3n) is 2.09. The molecular formula is C10H14N2O3S. The first-order valence-corrected chi connectivity index (χ1v) is 5.86. The van der Waals surface area contributed by atoms with Crippen LogP contribution in [-0.2, 0) is 16.1 Å². The molecule has 1 aromatic heterocycles. The summed E-state index contributed by atoms with van der Waals surface area (Å²) in [6.07, 6.45) is 0.693. The van der Waals surface area contributed by atoms with Gasteiger partial charge < -0.3 is 10.0 Å². The minimum absolute atomic E-state index is 0.0380. The molecule has 1 aromatic rings. The lowest BCUT2D eigenvalue weighted by molar-refractivity contribution is -0.137. The van der Waals surface area contributed by atoms with Crippen molar-refractivity contribution in [3.63, 3.8) is 0 Å². The van der Waals surface area contributed by atoms with Crippen LogP contribution in [0.3, 0.4) is 0 Å². The first-order valence-electron chi connectivity index (χ1n) is 4.92. The van der Waals surface area contributed by atoms with Crippen molar-refractivity contribution in [2.75, 3.05) is 7.05 Å². The fourth-order valence-corrected chi connectivity index (χ4v) is 1.78. The summed E-state index contributed by atoms with van der Waals surface area (Å²) in [6.45, 7) is 0.482. The van der Waals surface area contributed by atoms with Crippen molar-refractivity contribution in [2.24, 2.45) is 0 Å². The van der Waals surface area contributed by atoms with Crippen LogP contribution in [0, 0.1) is 0 Å². The zero-order chi connectivity index (χ0) is 12.0. The van der Waals surface area contributed by atoms with Crippen LogP contribution in [0.4, 0.5) is 0 Å². The highest BCUT2D eigenvalue weighted by Crippen LogP contribution is 2.06. The van der Waals surface area contributed by atoms with E-state index in [9.17, 15) is 9.59 Å². The predicted octanol–water partition coefficient (Wildman–Crippen LogP) is 1.36. The summed E-state index contributed by atoms with van der Waals surface area (Å²) in [6, 6.07) is 0. The Morgan fingerprint density at radius 1 is 1.50 bits per heavy atom. The second kappa shape index (κ2) is 6.22. The number of aliphatic carboxylic acids is 1. The number of carboxylic acid groups (broad SMARTS) is 1. The average Bonchev–Trinajstić information content (AvgIpc) is 2.69. The summed E-state index contributed by atoms with van der Waals surface area (Å²) < 4.78 is 0. The number of carbonyl (C=O) groups excluding carboxylic acids is 1. The topological polar surface area (TPSA) is 70.5 Å². The molecule has 0 atom stereocenters. The number of hydrogen-bond acceptors (Lipinski definition) is 4. The van der Waals surface area contributed by atoms with Gasteiger partial charge in [0.25, 0.3) is 0 Å². The lowest BCUT2D eigenvalue weighted by Crippen LogP contribution is -2.26. The molecule has 0 fully saturated rings. The predicted molar refractivity (Wildman–Crippen MR) is 60.1 cm³/mol. The molecule has 0 saturated heterocycles. The molecule has 0 aliphatic rings. The van der Waals surface area contributed by atoms with Crippen LogP contribution in [0.15, 0.2) is 10.9 Å². The largest absolute Gasteiger partial charge is 0.481 e. The molecule has 0 aromatic carbocycles. The van der Waals surface area contributed by atoms with Crippen molar-refractivity contribution < 1.29 is 14.7 Å². The van der Waals surface area contributed by atoms with Crippen LogP contribution in [0.2, 0.25) is 0 Å². The number of hydrogen-bond donors (Lipinski definition) is 1. The minimum atomic E-state index is -0.866. The second-order valence-corrected chi connectivity index (χ2v) is 4.20. The molecule has 0 aliphatic heterocycles. The molecule has 0 bridgehead atoms. The van der Waals surface area contributed by atoms with E-state index in [0.29, 0.717) is 13.0 Å². The summed E-state index contributed by atoms with van der Waals surface area (Å²) in [7, 11) is 1.70. The smallest absolute Gasteiger partial charge is 0.303 e. The Morgan fingerprint density at radius 3 is 2.81 bits per heavy atom. The van der Waals surface area contributed by atoms with E-state index in [4.69, 9.17) is 5.11 Å². The Labute approximate surface area is 97.7 Å². The monoisotopic (exact) mass is 242 g/mol. The first kappa shape index (κ1) is 12.6. The standard InChI is InChI=1S/C10H14N2O3S/c1-12(5-8-6-16-7-11-8)9(13)3-2-4-10(14)15/h6-7H,2-5H2,1H3,(H,14,15). The number of rotatable bonds is 6. The molecule has 0 spiro atoms. The van der Waals surface area contributed by atoms with Crippen molar-refractivity contribution >= 4 is 23.2 Å². The highest BCUT2D eigenvalue weighted by atomic mass is 32.1. The zero-order valence-corrected chi connectivity index (χ0v) is 9.87. The maximum absolute atomic E-state index is 11.6. The lowest BCUT2D eigenvalue weighted by Gasteiger charge is -2.15. The average molecular weight is 242 g/mol. The van der Waals surface area contributed by atoms with Crippen molar-refractivity contribution in [1.29, 1.82) is 0 Å². The Morgan fingerprint density at radius 2 is 2.25 bits per heavy atom. The Balaban J connectivity index is 2.28. The van der Waals surface area contributed by atoms with Gasteiger partial charge in [0.2, 0.25) is 5.91 Å². The molecule has 0 saturated carbocycles. The molecule has 16 heavy (non-hydrogen) atoms. The van der Waals surface area contributed by atoms with E-state index in [1.54, 1.807) is 17.5 Å². The van der Waals surface area contributed by atoms with Crippen LogP contribution in [0.5, 0.6) is 0 Å². The minimum Gasteiger partial charge on any atom is -0.481 e. The maximum atomic E-state index is 11.6. The highest BCUT2D eigenvalue weighted by Gasteiger charge is 2.10. The first-order chi connectivity index (χ1) is 7.59. The number of carbonyl (C=O) groups is 2. The van der Waals surface area contributed by atoms with Crippen molar-refractivity contribution in [3.05, 3.63) is 16.6 Å². The number of aromatic nitrogens is 1. The van der Waals surface area contributed by atoms with E-state index in [0.717, 1.165) is 5.69 Å². The molecular weight excluding hydrogens is 228 g/mol. The van der Waals surface area contributed by atoms with Crippen molar-refractivity contribution in [3.8, 4) is 0 Å². The van der Waals surface area contributed by atoms with E-state index in [-0.39, 0.29) is 18.7 Å². The molecule has 88 valence electrons. The summed E-state index contributed by atoms with van der Waals surface area (Å²) in [5.74, 6) is -0.913. The van der Waals surface area contributed by atoms with Gasteiger partial charge in [0.05, 0.1) is 17.7 Å². The lowest BCUT2D eigenvalue weighted by atomic mass is 10.2. The molecule has 1 rings (SSSR count). The van der Waals surface area contributed by atoms with E-state index in [1.165, 1.54) is 11.3 Å². The van der Waals surface area contributed by atoms with Gasteiger partial charge in [-0.15, -0.1) is 11.3 Å². The van der Waals surface area contributed by atoms with Crippen LogP contribution in [0.25, 0.3) is 0 Å². The second-order valence-electron chi connectivity index (χ2n) is 3.48. The summed E-state index contributed by atoms with van der Waals surface area (Å²) >= 11 is 1.49.